The lowest BCUT2D eigenvalue weighted by atomic mass is 10.3. The Labute approximate surface area is 62.2 Å². The monoisotopic (exact) mass is 189 g/mol. The van der Waals surface area contributed by atoms with Gasteiger partial charge in [-0.2, -0.15) is 0 Å². The van der Waals surface area contributed by atoms with Crippen molar-refractivity contribution in [3.8, 4) is 0 Å². The van der Waals surface area contributed by atoms with Gasteiger partial charge in [0.25, 0.3) is 0 Å². The Morgan fingerprint density at radius 2 is 2.33 bits per heavy atom. The van der Waals surface area contributed by atoms with Gasteiger partial charge in [0.2, 0.25) is 0 Å². The summed E-state index contributed by atoms with van der Waals surface area (Å²) < 4.78 is 5.87. The van der Waals surface area contributed by atoms with Crippen LogP contribution in [-0.4, -0.2) is 0 Å². The molecule has 50 valence electrons. The summed E-state index contributed by atoms with van der Waals surface area (Å²) in [4.78, 5) is 0. The van der Waals surface area contributed by atoms with Crippen molar-refractivity contribution in [1.82, 2.24) is 0 Å². The maximum Gasteiger partial charge on any atom is 0.169 e. The lowest BCUT2D eigenvalue weighted by molar-refractivity contribution is 0.461. The van der Waals surface area contributed by atoms with Crippen molar-refractivity contribution in [1.29, 1.82) is 0 Å². The fourth-order valence-electron chi connectivity index (χ4n) is 0.573. The van der Waals surface area contributed by atoms with Gasteiger partial charge in [-0.3, -0.25) is 0 Å². The number of rotatable bonds is 1. The van der Waals surface area contributed by atoms with Crippen LogP contribution in [-0.2, 0) is 0 Å². The fourth-order valence-corrected chi connectivity index (χ4v) is 0.892. The molecule has 0 unspecified atom stereocenters. The van der Waals surface area contributed by atoms with Gasteiger partial charge in [-0.1, -0.05) is 0 Å². The van der Waals surface area contributed by atoms with Crippen LogP contribution < -0.4 is 5.73 Å². The zero-order valence-electron chi connectivity index (χ0n) is 5.10. The molecule has 0 aliphatic rings. The van der Waals surface area contributed by atoms with Gasteiger partial charge in [-0.15, -0.1) is 0 Å². The molecule has 0 spiro atoms. The summed E-state index contributed by atoms with van der Waals surface area (Å²) >= 11 is 3.18. The van der Waals surface area contributed by atoms with E-state index in [4.69, 9.17) is 10.2 Å². The highest BCUT2D eigenvalue weighted by Gasteiger charge is 2.02. The van der Waals surface area contributed by atoms with Gasteiger partial charge < -0.3 is 10.2 Å². The van der Waals surface area contributed by atoms with Gasteiger partial charge in [0, 0.05) is 0 Å². The SMILES string of the molecule is C[C@H](N)c1ccc(Br)o1. The Balaban J connectivity index is 2.85. The van der Waals surface area contributed by atoms with E-state index in [1.54, 1.807) is 0 Å². The number of furan rings is 1. The van der Waals surface area contributed by atoms with E-state index in [2.05, 4.69) is 15.9 Å². The molecule has 0 radical (unpaired) electrons. The van der Waals surface area contributed by atoms with Crippen LogP contribution in [0.1, 0.15) is 18.7 Å². The van der Waals surface area contributed by atoms with E-state index in [9.17, 15) is 0 Å². The van der Waals surface area contributed by atoms with Crippen LogP contribution in [0.5, 0.6) is 0 Å². The van der Waals surface area contributed by atoms with Crippen LogP contribution >= 0.6 is 15.9 Å². The van der Waals surface area contributed by atoms with Crippen molar-refractivity contribution in [3.63, 3.8) is 0 Å². The third-order valence-corrected chi connectivity index (χ3v) is 1.47. The molecule has 1 rings (SSSR count). The highest BCUT2D eigenvalue weighted by Crippen LogP contribution is 2.17. The normalized spacial score (nSPS) is 13.7. The topological polar surface area (TPSA) is 39.2 Å². The number of hydrogen-bond donors (Lipinski definition) is 1. The van der Waals surface area contributed by atoms with Crippen LogP contribution in [0.3, 0.4) is 0 Å². The van der Waals surface area contributed by atoms with Gasteiger partial charge in [0.15, 0.2) is 4.67 Å². The van der Waals surface area contributed by atoms with Crippen molar-refractivity contribution in [2.24, 2.45) is 5.73 Å². The molecule has 3 heteroatoms. The Kier molecular flexibility index (Phi) is 1.93. The summed E-state index contributed by atoms with van der Waals surface area (Å²) in [5.41, 5.74) is 5.51. The third-order valence-electron chi connectivity index (χ3n) is 1.04. The highest BCUT2D eigenvalue weighted by molar-refractivity contribution is 9.10. The van der Waals surface area contributed by atoms with Gasteiger partial charge in [-0.25, -0.2) is 0 Å². The van der Waals surface area contributed by atoms with E-state index < -0.39 is 0 Å². The van der Waals surface area contributed by atoms with Crippen molar-refractivity contribution in [2.45, 2.75) is 13.0 Å². The predicted molar refractivity (Wildman–Crippen MR) is 39.0 cm³/mol. The second-order valence-corrected chi connectivity index (χ2v) is 2.71. The second kappa shape index (κ2) is 2.54. The van der Waals surface area contributed by atoms with E-state index in [1.807, 2.05) is 19.1 Å². The van der Waals surface area contributed by atoms with E-state index >= 15 is 0 Å². The average Bonchev–Trinajstić information content (AvgIpc) is 2.14. The Hall–Kier alpha value is -0.280. The fraction of sp³-hybridized carbons (Fsp3) is 0.333. The Morgan fingerprint density at radius 3 is 2.56 bits per heavy atom. The lowest BCUT2D eigenvalue weighted by Crippen LogP contribution is -2.02. The van der Waals surface area contributed by atoms with Gasteiger partial charge in [0.1, 0.15) is 5.76 Å². The standard InChI is InChI=1S/C6H8BrNO/c1-4(8)5-2-3-6(7)9-5/h2-4H,8H2,1H3/t4-/m0/s1. The summed E-state index contributed by atoms with van der Waals surface area (Å²) in [6.45, 7) is 1.88. The summed E-state index contributed by atoms with van der Waals surface area (Å²) in [6, 6.07) is 3.67. The summed E-state index contributed by atoms with van der Waals surface area (Å²) in [7, 11) is 0. The highest BCUT2D eigenvalue weighted by atomic mass is 79.9. The van der Waals surface area contributed by atoms with Crippen molar-refractivity contribution < 1.29 is 4.42 Å². The molecule has 2 nitrogen and oxygen atoms in total. The molecule has 0 amide bonds. The minimum atomic E-state index is -0.0173. The number of nitrogens with two attached hydrogens (primary N) is 1. The molecule has 0 fully saturated rings. The second-order valence-electron chi connectivity index (χ2n) is 1.93. The maximum absolute atomic E-state index is 5.51. The molecule has 9 heavy (non-hydrogen) atoms. The first kappa shape index (κ1) is 6.83. The van der Waals surface area contributed by atoms with Crippen LogP contribution in [0.15, 0.2) is 21.2 Å². The lowest BCUT2D eigenvalue weighted by Gasteiger charge is -1.96. The van der Waals surface area contributed by atoms with Gasteiger partial charge in [-0.05, 0) is 35.0 Å². The molecule has 0 aliphatic heterocycles. The first-order valence-electron chi connectivity index (χ1n) is 2.71. The zero-order valence-corrected chi connectivity index (χ0v) is 6.68. The van der Waals surface area contributed by atoms with Crippen molar-refractivity contribution in [2.75, 3.05) is 0 Å². The van der Waals surface area contributed by atoms with E-state index in [0.717, 1.165) is 10.4 Å². The quantitative estimate of drug-likeness (QED) is 0.735. The largest absolute Gasteiger partial charge is 0.453 e. The molecule has 0 aromatic carbocycles. The molecule has 1 aromatic rings. The van der Waals surface area contributed by atoms with Gasteiger partial charge in [0.05, 0.1) is 6.04 Å². The van der Waals surface area contributed by atoms with Crippen LogP contribution in [0.25, 0.3) is 0 Å². The molecule has 1 atom stereocenters. The maximum atomic E-state index is 5.51. The minimum Gasteiger partial charge on any atom is -0.453 e. The molecule has 1 aromatic heterocycles. The summed E-state index contributed by atoms with van der Waals surface area (Å²) in [5.74, 6) is 0.807. The van der Waals surface area contributed by atoms with E-state index in [0.29, 0.717) is 0 Å². The summed E-state index contributed by atoms with van der Waals surface area (Å²) in [6.07, 6.45) is 0. The smallest absolute Gasteiger partial charge is 0.169 e. The van der Waals surface area contributed by atoms with Crippen molar-refractivity contribution >= 4 is 15.9 Å². The molecule has 0 bridgehead atoms. The molecule has 0 saturated carbocycles. The van der Waals surface area contributed by atoms with Crippen molar-refractivity contribution in [3.05, 3.63) is 22.6 Å². The minimum absolute atomic E-state index is 0.0173. The molecule has 0 aliphatic carbocycles. The van der Waals surface area contributed by atoms with Crippen LogP contribution in [0.4, 0.5) is 0 Å². The van der Waals surface area contributed by atoms with Gasteiger partial charge >= 0.3 is 0 Å². The van der Waals surface area contributed by atoms with E-state index in [1.165, 1.54) is 0 Å². The summed E-state index contributed by atoms with van der Waals surface area (Å²) in [5, 5.41) is 0. The Bertz CT molecular complexity index is 195. The molecule has 2 N–H and O–H groups in total. The third kappa shape index (κ3) is 1.56. The Morgan fingerprint density at radius 1 is 1.67 bits per heavy atom. The molecule has 0 saturated heterocycles. The predicted octanol–water partition coefficient (Wildman–Crippen LogP) is 2.06. The first-order chi connectivity index (χ1) is 4.20. The number of halogens is 1. The first-order valence-corrected chi connectivity index (χ1v) is 3.50. The van der Waals surface area contributed by atoms with Crippen LogP contribution in [0.2, 0.25) is 0 Å². The number of hydrogen-bond acceptors (Lipinski definition) is 2. The molecular weight excluding hydrogens is 182 g/mol. The molecule has 1 heterocycles. The van der Waals surface area contributed by atoms with E-state index in [-0.39, 0.29) is 6.04 Å². The average molecular weight is 190 g/mol. The zero-order chi connectivity index (χ0) is 6.85. The van der Waals surface area contributed by atoms with Crippen LogP contribution in [0, 0.1) is 0 Å². The molecular formula is C6H8BrNO.